The first kappa shape index (κ1) is 8.44. The summed E-state index contributed by atoms with van der Waals surface area (Å²) in [6.45, 7) is 2.26. The number of halogens is 2. The monoisotopic (exact) mass is 283 g/mol. The molecule has 5 heteroatoms. The first-order valence-corrected chi connectivity index (χ1v) is 5.30. The van der Waals surface area contributed by atoms with E-state index in [4.69, 9.17) is 0 Å². The summed E-state index contributed by atoms with van der Waals surface area (Å²) in [6, 6.07) is 0. The van der Waals surface area contributed by atoms with E-state index in [-0.39, 0.29) is 0 Å². The zero-order valence-electron chi connectivity index (χ0n) is 6.13. The zero-order chi connectivity index (χ0) is 7.84. The highest BCUT2D eigenvalue weighted by Gasteiger charge is 2.33. The van der Waals surface area contributed by atoms with Gasteiger partial charge in [-0.15, -0.1) is 0 Å². The van der Waals surface area contributed by atoms with E-state index in [1.165, 1.54) is 12.8 Å². The Morgan fingerprint density at radius 3 is 1.91 bits per heavy atom. The minimum absolute atomic E-state index is 0.530. The van der Waals surface area contributed by atoms with Gasteiger partial charge in [-0.05, 0) is 12.8 Å². The normalized spacial score (nSPS) is 40.9. The van der Waals surface area contributed by atoms with Crippen molar-refractivity contribution in [2.24, 2.45) is 0 Å². The maximum absolute atomic E-state index is 3.53. The topological polar surface area (TPSA) is 18.5 Å². The van der Waals surface area contributed by atoms with Crippen molar-refractivity contribution in [2.75, 3.05) is 13.1 Å². The largest absolute Gasteiger partial charge is 0.285 e. The summed E-state index contributed by atoms with van der Waals surface area (Å²) in [5.41, 5.74) is 0. The Hall–Kier alpha value is 0.840. The SMILES string of the molecule is BrN1CCC2NC1CCN2Br. The van der Waals surface area contributed by atoms with E-state index in [1.807, 2.05) is 0 Å². The maximum Gasteiger partial charge on any atom is 0.0724 e. The molecule has 0 aliphatic carbocycles. The molecule has 0 aromatic rings. The standard InChI is InChI=1S/C6H11Br2N3/c7-10-3-1-5-9-6(10)2-4-11(5)8/h5-6,9H,1-4H2. The molecule has 2 fully saturated rings. The van der Waals surface area contributed by atoms with Crippen LogP contribution < -0.4 is 5.32 Å². The summed E-state index contributed by atoms with van der Waals surface area (Å²) < 4.78 is 4.42. The summed E-state index contributed by atoms with van der Waals surface area (Å²) in [5, 5.41) is 3.51. The van der Waals surface area contributed by atoms with E-state index in [9.17, 15) is 0 Å². The molecule has 0 aromatic heterocycles. The number of nitrogens with zero attached hydrogens (tertiary/aromatic N) is 2. The van der Waals surface area contributed by atoms with Crippen molar-refractivity contribution in [3.8, 4) is 0 Å². The fraction of sp³-hybridized carbons (Fsp3) is 1.00. The fourth-order valence-electron chi connectivity index (χ4n) is 1.63. The molecule has 2 aliphatic heterocycles. The molecule has 2 bridgehead atoms. The fourth-order valence-corrected chi connectivity index (χ4v) is 2.69. The molecule has 11 heavy (non-hydrogen) atoms. The van der Waals surface area contributed by atoms with E-state index in [0.717, 1.165) is 13.1 Å². The lowest BCUT2D eigenvalue weighted by Crippen LogP contribution is -2.61. The van der Waals surface area contributed by atoms with Crippen molar-refractivity contribution in [1.82, 2.24) is 13.2 Å². The molecule has 0 amide bonds. The third-order valence-electron chi connectivity index (χ3n) is 2.29. The van der Waals surface area contributed by atoms with Gasteiger partial charge in [0.15, 0.2) is 0 Å². The van der Waals surface area contributed by atoms with Crippen molar-refractivity contribution < 1.29 is 0 Å². The Morgan fingerprint density at radius 1 is 1.00 bits per heavy atom. The van der Waals surface area contributed by atoms with E-state index in [2.05, 4.69) is 45.5 Å². The van der Waals surface area contributed by atoms with Gasteiger partial charge in [0.2, 0.25) is 0 Å². The minimum atomic E-state index is 0.530. The first-order valence-electron chi connectivity index (χ1n) is 3.88. The van der Waals surface area contributed by atoms with Crippen LogP contribution in [0.3, 0.4) is 0 Å². The lowest BCUT2D eigenvalue weighted by molar-refractivity contribution is 0.0952. The number of nitrogens with one attached hydrogen (secondary N) is 1. The van der Waals surface area contributed by atoms with Gasteiger partial charge in [0, 0.05) is 45.4 Å². The van der Waals surface area contributed by atoms with Crippen molar-refractivity contribution >= 4 is 32.3 Å². The molecule has 2 rings (SSSR count). The lowest BCUT2D eigenvalue weighted by atomic mass is 10.1. The third-order valence-corrected chi connectivity index (χ3v) is 3.99. The van der Waals surface area contributed by atoms with E-state index in [1.54, 1.807) is 0 Å². The molecular formula is C6H11Br2N3. The van der Waals surface area contributed by atoms with Crippen LogP contribution in [0.25, 0.3) is 0 Å². The van der Waals surface area contributed by atoms with Gasteiger partial charge >= 0.3 is 0 Å². The molecule has 3 nitrogen and oxygen atoms in total. The van der Waals surface area contributed by atoms with Crippen molar-refractivity contribution in [3.63, 3.8) is 0 Å². The Bertz CT molecular complexity index is 139. The molecule has 1 N–H and O–H groups in total. The zero-order valence-corrected chi connectivity index (χ0v) is 9.31. The Kier molecular flexibility index (Phi) is 2.53. The van der Waals surface area contributed by atoms with Crippen LogP contribution in [0.5, 0.6) is 0 Å². The highest BCUT2D eigenvalue weighted by atomic mass is 79.9. The van der Waals surface area contributed by atoms with Gasteiger partial charge in [0.05, 0.1) is 12.3 Å². The third kappa shape index (κ3) is 1.62. The van der Waals surface area contributed by atoms with Gasteiger partial charge in [-0.25, -0.2) is 7.85 Å². The molecule has 0 spiro atoms. The number of fused-ring (bicyclic) bond motifs is 2. The summed E-state index contributed by atoms with van der Waals surface area (Å²) in [7, 11) is 0. The molecule has 2 saturated heterocycles. The van der Waals surface area contributed by atoms with Gasteiger partial charge in [0.1, 0.15) is 0 Å². The summed E-state index contributed by atoms with van der Waals surface area (Å²) in [4.78, 5) is 0. The quantitative estimate of drug-likeness (QED) is 0.676. The molecule has 0 saturated carbocycles. The van der Waals surface area contributed by atoms with Crippen LogP contribution in [0.1, 0.15) is 12.8 Å². The second kappa shape index (κ2) is 3.30. The summed E-state index contributed by atoms with van der Waals surface area (Å²) >= 11 is 7.07. The predicted octanol–water partition coefficient (Wildman–Crippen LogP) is 1.26. The average molecular weight is 285 g/mol. The molecule has 2 atom stereocenters. The van der Waals surface area contributed by atoms with Crippen LogP contribution in [-0.2, 0) is 0 Å². The summed E-state index contributed by atoms with van der Waals surface area (Å²) in [5.74, 6) is 0. The number of rotatable bonds is 0. The molecule has 2 heterocycles. The number of hydrogen-bond acceptors (Lipinski definition) is 3. The predicted molar refractivity (Wildman–Crippen MR) is 51.2 cm³/mol. The van der Waals surface area contributed by atoms with Crippen molar-refractivity contribution in [2.45, 2.75) is 25.2 Å². The minimum Gasteiger partial charge on any atom is -0.285 e. The first-order chi connectivity index (χ1) is 5.27. The average Bonchev–Trinajstić information content (AvgIpc) is 2.02. The van der Waals surface area contributed by atoms with E-state index in [0.29, 0.717) is 12.3 Å². The van der Waals surface area contributed by atoms with Gasteiger partial charge < -0.3 is 0 Å². The van der Waals surface area contributed by atoms with Crippen LogP contribution in [0.4, 0.5) is 0 Å². The lowest BCUT2D eigenvalue weighted by Gasteiger charge is -2.44. The molecule has 2 aliphatic rings. The van der Waals surface area contributed by atoms with Crippen LogP contribution in [0.2, 0.25) is 0 Å². The van der Waals surface area contributed by atoms with E-state index < -0.39 is 0 Å². The molecule has 0 aromatic carbocycles. The highest BCUT2D eigenvalue weighted by molar-refractivity contribution is 9.07. The van der Waals surface area contributed by atoms with Gasteiger partial charge in [-0.2, -0.15) is 0 Å². The highest BCUT2D eigenvalue weighted by Crippen LogP contribution is 2.24. The second-order valence-corrected chi connectivity index (χ2v) is 4.84. The molecule has 64 valence electrons. The van der Waals surface area contributed by atoms with Crippen LogP contribution in [0.15, 0.2) is 0 Å². The van der Waals surface area contributed by atoms with Crippen LogP contribution in [-0.4, -0.2) is 33.3 Å². The summed E-state index contributed by atoms with van der Waals surface area (Å²) in [6.07, 6.45) is 3.41. The van der Waals surface area contributed by atoms with Gasteiger partial charge in [-0.3, -0.25) is 5.32 Å². The van der Waals surface area contributed by atoms with Crippen molar-refractivity contribution in [3.05, 3.63) is 0 Å². The van der Waals surface area contributed by atoms with E-state index >= 15 is 0 Å². The second-order valence-electron chi connectivity index (χ2n) is 3.02. The Morgan fingerprint density at radius 2 is 1.45 bits per heavy atom. The van der Waals surface area contributed by atoms with Crippen LogP contribution in [0, 0.1) is 0 Å². The molecule has 2 unspecified atom stereocenters. The smallest absolute Gasteiger partial charge is 0.0724 e. The number of hydrogen-bond donors (Lipinski definition) is 1. The maximum atomic E-state index is 3.53. The Labute approximate surface area is 83.8 Å². The Balaban J connectivity index is 2.02. The molecular weight excluding hydrogens is 274 g/mol. The van der Waals surface area contributed by atoms with Gasteiger partial charge in [0.25, 0.3) is 0 Å². The van der Waals surface area contributed by atoms with Gasteiger partial charge in [-0.1, -0.05) is 0 Å². The molecule has 0 radical (unpaired) electrons. The van der Waals surface area contributed by atoms with Crippen molar-refractivity contribution in [1.29, 1.82) is 0 Å². The van der Waals surface area contributed by atoms with Crippen LogP contribution >= 0.6 is 32.3 Å².